The van der Waals surface area contributed by atoms with Gasteiger partial charge in [0.25, 0.3) is 5.56 Å². The van der Waals surface area contributed by atoms with Crippen molar-refractivity contribution in [3.05, 3.63) is 87.7 Å². The van der Waals surface area contributed by atoms with Crippen molar-refractivity contribution in [2.24, 2.45) is 7.05 Å². The van der Waals surface area contributed by atoms with Crippen molar-refractivity contribution in [3.8, 4) is 5.69 Å². The zero-order valence-electron chi connectivity index (χ0n) is 17.3. The van der Waals surface area contributed by atoms with Gasteiger partial charge < -0.3 is 5.32 Å². The third-order valence-electron chi connectivity index (χ3n) is 5.14. The number of nitrogens with one attached hydrogen (secondary N) is 1. The highest BCUT2D eigenvalue weighted by atomic mass is 19.1. The molecule has 1 N–H and O–H groups in total. The maximum absolute atomic E-state index is 13.7. The number of carbonyl (C=O) groups excluding carboxylic acids is 1. The zero-order chi connectivity index (χ0) is 22.0. The molecule has 0 saturated carbocycles. The number of amides is 1. The van der Waals surface area contributed by atoms with Crippen molar-refractivity contribution in [3.63, 3.8) is 0 Å². The van der Waals surface area contributed by atoms with E-state index in [0.29, 0.717) is 28.1 Å². The fraction of sp³-hybridized carbons (Fsp3) is 0.217. The van der Waals surface area contributed by atoms with Crippen LogP contribution in [0.25, 0.3) is 16.9 Å². The van der Waals surface area contributed by atoms with Crippen molar-refractivity contribution < 1.29 is 9.18 Å². The monoisotopic (exact) mass is 419 g/mol. The van der Waals surface area contributed by atoms with Crippen LogP contribution < -0.4 is 10.9 Å². The largest absolute Gasteiger partial charge is 0.352 e. The summed E-state index contributed by atoms with van der Waals surface area (Å²) >= 11 is 0. The summed E-state index contributed by atoms with van der Waals surface area (Å²) in [4.78, 5) is 29.6. The molecule has 4 aromatic rings. The molecular formula is C23H22FN5O2. The highest BCUT2D eigenvalue weighted by Crippen LogP contribution is 2.19. The van der Waals surface area contributed by atoms with Crippen molar-refractivity contribution in [1.29, 1.82) is 0 Å². The molecule has 0 aliphatic rings. The Morgan fingerprint density at radius 3 is 2.55 bits per heavy atom. The molecule has 31 heavy (non-hydrogen) atoms. The van der Waals surface area contributed by atoms with Crippen LogP contribution in [0, 0.1) is 12.7 Å². The molecule has 0 bridgehead atoms. The maximum atomic E-state index is 13.7. The SMILES string of the molecule is Cc1nn(-c2ccccc2)c2c1nc(CCC(=O)NCc1ccccc1F)c(=O)n2C. The van der Waals surface area contributed by atoms with E-state index in [1.54, 1.807) is 29.9 Å². The first-order chi connectivity index (χ1) is 15.0. The van der Waals surface area contributed by atoms with Crippen LogP contribution in [0.4, 0.5) is 4.39 Å². The Kier molecular flexibility index (Phi) is 5.62. The van der Waals surface area contributed by atoms with Gasteiger partial charge in [-0.1, -0.05) is 36.4 Å². The Bertz CT molecular complexity index is 1310. The van der Waals surface area contributed by atoms with Gasteiger partial charge in [0.15, 0.2) is 5.65 Å². The van der Waals surface area contributed by atoms with E-state index in [9.17, 15) is 14.0 Å². The summed E-state index contributed by atoms with van der Waals surface area (Å²) in [6.07, 6.45) is 0.260. The maximum Gasteiger partial charge on any atom is 0.273 e. The van der Waals surface area contributed by atoms with Crippen molar-refractivity contribution in [2.45, 2.75) is 26.3 Å². The third kappa shape index (κ3) is 4.09. The number of nitrogens with zero attached hydrogens (tertiary/aromatic N) is 4. The Labute approximate surface area is 178 Å². The first kappa shape index (κ1) is 20.5. The van der Waals surface area contributed by atoms with Crippen molar-refractivity contribution >= 4 is 17.1 Å². The van der Waals surface area contributed by atoms with Gasteiger partial charge in [-0.25, -0.2) is 14.1 Å². The Balaban J connectivity index is 1.54. The molecule has 0 fully saturated rings. The topological polar surface area (TPSA) is 81.8 Å². The Morgan fingerprint density at radius 1 is 1.10 bits per heavy atom. The van der Waals surface area contributed by atoms with Gasteiger partial charge >= 0.3 is 0 Å². The van der Waals surface area contributed by atoms with Crippen LogP contribution in [0.5, 0.6) is 0 Å². The molecule has 0 saturated heterocycles. The minimum Gasteiger partial charge on any atom is -0.352 e. The van der Waals surface area contributed by atoms with Gasteiger partial charge in [0.05, 0.1) is 11.4 Å². The van der Waals surface area contributed by atoms with E-state index in [1.807, 2.05) is 37.3 Å². The number of carbonyl (C=O) groups is 1. The number of aryl methyl sites for hydroxylation is 3. The molecule has 0 unspecified atom stereocenters. The van der Waals surface area contributed by atoms with Gasteiger partial charge in [0.2, 0.25) is 5.91 Å². The minimum atomic E-state index is -0.366. The molecular weight excluding hydrogens is 397 g/mol. The number of halogens is 1. The minimum absolute atomic E-state index is 0.0774. The predicted octanol–water partition coefficient (Wildman–Crippen LogP) is 2.82. The van der Waals surface area contributed by atoms with Gasteiger partial charge in [0, 0.05) is 32.0 Å². The number of rotatable bonds is 6. The normalized spacial score (nSPS) is 11.1. The summed E-state index contributed by atoms with van der Waals surface area (Å²) in [6.45, 7) is 1.93. The number of hydrogen-bond acceptors (Lipinski definition) is 4. The fourth-order valence-corrected chi connectivity index (χ4v) is 3.48. The number of aromatic nitrogens is 4. The summed E-state index contributed by atoms with van der Waals surface area (Å²) in [7, 11) is 1.68. The molecule has 4 rings (SSSR count). The predicted molar refractivity (Wildman–Crippen MR) is 115 cm³/mol. The molecule has 7 nitrogen and oxygen atoms in total. The highest BCUT2D eigenvalue weighted by molar-refractivity contribution is 5.77. The van der Waals surface area contributed by atoms with E-state index in [1.165, 1.54) is 10.6 Å². The number of hydrogen-bond donors (Lipinski definition) is 1. The second-order valence-electron chi connectivity index (χ2n) is 7.30. The average Bonchev–Trinajstić information content (AvgIpc) is 3.11. The van der Waals surface area contributed by atoms with Crippen LogP contribution in [0.15, 0.2) is 59.4 Å². The van der Waals surface area contributed by atoms with Crippen LogP contribution in [0.1, 0.15) is 23.4 Å². The standard InChI is InChI=1S/C23H22FN5O2/c1-15-21-22(29(27-15)17-9-4-3-5-10-17)28(2)23(31)19(26-21)12-13-20(30)25-14-16-8-6-7-11-18(16)24/h3-11H,12-14H2,1-2H3,(H,25,30). The molecule has 2 aromatic heterocycles. The first-order valence-corrected chi connectivity index (χ1v) is 9.96. The van der Waals surface area contributed by atoms with Gasteiger partial charge in [-0.15, -0.1) is 0 Å². The zero-order valence-corrected chi connectivity index (χ0v) is 17.3. The quantitative estimate of drug-likeness (QED) is 0.521. The lowest BCUT2D eigenvalue weighted by atomic mass is 10.2. The van der Waals surface area contributed by atoms with E-state index in [0.717, 1.165) is 5.69 Å². The summed E-state index contributed by atoms with van der Waals surface area (Å²) in [5.41, 5.74) is 3.18. The summed E-state index contributed by atoms with van der Waals surface area (Å²) in [5, 5.41) is 7.24. The molecule has 8 heteroatoms. The van der Waals surface area contributed by atoms with Crippen molar-refractivity contribution in [2.75, 3.05) is 0 Å². The van der Waals surface area contributed by atoms with E-state index in [2.05, 4.69) is 15.4 Å². The molecule has 158 valence electrons. The molecule has 1 amide bonds. The van der Waals surface area contributed by atoms with E-state index >= 15 is 0 Å². The lowest BCUT2D eigenvalue weighted by molar-refractivity contribution is -0.121. The van der Waals surface area contributed by atoms with Crippen LogP contribution in [0.3, 0.4) is 0 Å². The molecule has 0 atom stereocenters. The Hall–Kier alpha value is -3.81. The lowest BCUT2D eigenvalue weighted by Crippen LogP contribution is -2.27. The molecule has 0 aliphatic heterocycles. The van der Waals surface area contributed by atoms with Gasteiger partial charge in [-0.2, -0.15) is 5.10 Å². The molecule has 0 radical (unpaired) electrons. The highest BCUT2D eigenvalue weighted by Gasteiger charge is 2.18. The second-order valence-corrected chi connectivity index (χ2v) is 7.30. The molecule has 2 aromatic carbocycles. The number of benzene rings is 2. The van der Waals surface area contributed by atoms with Gasteiger partial charge in [0.1, 0.15) is 17.0 Å². The van der Waals surface area contributed by atoms with Crippen LogP contribution in [-0.2, 0) is 24.8 Å². The summed E-state index contributed by atoms with van der Waals surface area (Å²) in [6, 6.07) is 15.8. The average molecular weight is 419 g/mol. The number of para-hydroxylation sites is 1. The lowest BCUT2D eigenvalue weighted by Gasteiger charge is -2.09. The molecule has 2 heterocycles. The molecule has 0 aliphatic carbocycles. The van der Waals surface area contributed by atoms with Crippen LogP contribution in [-0.4, -0.2) is 25.2 Å². The van der Waals surface area contributed by atoms with E-state index < -0.39 is 0 Å². The van der Waals surface area contributed by atoms with Crippen LogP contribution >= 0.6 is 0 Å². The number of fused-ring (bicyclic) bond motifs is 1. The van der Waals surface area contributed by atoms with Gasteiger partial charge in [-0.3, -0.25) is 14.2 Å². The summed E-state index contributed by atoms with van der Waals surface area (Å²) < 4.78 is 16.9. The second kappa shape index (κ2) is 8.51. The fourth-order valence-electron chi connectivity index (χ4n) is 3.48. The smallest absolute Gasteiger partial charge is 0.273 e. The Morgan fingerprint density at radius 2 is 1.81 bits per heavy atom. The summed E-state index contributed by atoms with van der Waals surface area (Å²) in [5.74, 6) is -0.640. The van der Waals surface area contributed by atoms with E-state index in [-0.39, 0.29) is 36.7 Å². The van der Waals surface area contributed by atoms with Gasteiger partial charge in [-0.05, 0) is 25.1 Å². The van der Waals surface area contributed by atoms with Crippen molar-refractivity contribution in [1.82, 2.24) is 24.6 Å². The van der Waals surface area contributed by atoms with Crippen LogP contribution in [0.2, 0.25) is 0 Å². The molecule has 0 spiro atoms. The third-order valence-corrected chi connectivity index (χ3v) is 5.14. The first-order valence-electron chi connectivity index (χ1n) is 9.96. The van der Waals surface area contributed by atoms with E-state index in [4.69, 9.17) is 0 Å².